The molecule has 0 saturated heterocycles. The zero-order valence-electron chi connectivity index (χ0n) is 40.1. The number of aldehydes is 1. The Morgan fingerprint density at radius 3 is 1.41 bits per heavy atom. The predicted octanol–water partition coefficient (Wildman–Crippen LogP) is 12.1. The van der Waals surface area contributed by atoms with Crippen LogP contribution >= 0.6 is 0 Å². The first-order valence-electron chi connectivity index (χ1n) is 22.3. The lowest BCUT2D eigenvalue weighted by Gasteiger charge is -2.20. The topological polar surface area (TPSA) is 163 Å². The Morgan fingerprint density at radius 2 is 0.914 bits per heavy atom. The molecular formula is C56H58F2N2O10. The first-order valence-corrected chi connectivity index (χ1v) is 22.3. The maximum atomic E-state index is 14.7. The third-order valence-corrected chi connectivity index (χ3v) is 10.8. The number of halogens is 2. The Hall–Kier alpha value is -7.33. The summed E-state index contributed by atoms with van der Waals surface area (Å²) in [6.45, 7) is 4.74. The standard InChI is InChI=1S/C33H33F2NO6.C23H25NO4/c1-20-4-6-30(28(34)12-20)41-32-21(8-10-37)13-23(14-22(32)9-11-38)24-15-25(18-39-2)33(26(16-24)19-40-3)42-31-7-5-27(36)17-29(31)35;1-16-4-8-20(9-5-16)27-22-13-23(28-21-10-6-19(24)7-11-21)18(15-26-3)12-17(22)14-25-2/h4-7,10,12-17,38H,8-9,11,18-19,36H2,1-3H3;4-13H,14-15,24H2,1-3H3. The van der Waals surface area contributed by atoms with Crippen molar-refractivity contribution in [3.8, 4) is 57.1 Å². The Bertz CT molecular complexity index is 2760. The maximum absolute atomic E-state index is 14.7. The van der Waals surface area contributed by atoms with E-state index in [-0.39, 0.29) is 49.8 Å². The number of benzene rings is 7. The van der Waals surface area contributed by atoms with Gasteiger partial charge in [-0.2, -0.15) is 0 Å². The first kappa shape index (κ1) is 52.0. The Morgan fingerprint density at radius 1 is 0.471 bits per heavy atom. The number of aliphatic hydroxyl groups is 1. The van der Waals surface area contributed by atoms with Crippen molar-refractivity contribution in [1.82, 2.24) is 0 Å². The molecule has 7 aromatic rings. The molecule has 7 aromatic carbocycles. The van der Waals surface area contributed by atoms with Crippen molar-refractivity contribution in [3.05, 3.63) is 177 Å². The Kier molecular flexibility index (Phi) is 18.8. The SMILES string of the molecule is COCc1cc(-c2cc(CC=O)c(Oc3ccc(C)cc3F)c(CCO)c2)cc(COC)c1Oc1ccc(N)cc1F.COCc1cc(COC)c(Oc2ccc(N)cc2)cc1Oc1ccc(C)cc1. The van der Waals surface area contributed by atoms with Gasteiger partial charge in [-0.15, -0.1) is 0 Å². The predicted molar refractivity (Wildman–Crippen MR) is 266 cm³/mol. The number of carbonyl (C=O) groups is 1. The summed E-state index contributed by atoms with van der Waals surface area (Å²) >= 11 is 0. The number of aryl methyl sites for hydroxylation is 2. The number of hydrogen-bond acceptors (Lipinski definition) is 12. The van der Waals surface area contributed by atoms with Gasteiger partial charge in [0, 0.05) is 92.8 Å². The molecule has 0 bridgehead atoms. The lowest BCUT2D eigenvalue weighted by Crippen LogP contribution is -2.04. The van der Waals surface area contributed by atoms with Crippen molar-refractivity contribution in [2.45, 2.75) is 53.1 Å². The highest BCUT2D eigenvalue weighted by Crippen LogP contribution is 2.41. The number of carbonyl (C=O) groups excluding carboxylic acids is 1. The van der Waals surface area contributed by atoms with Gasteiger partial charge in [0.25, 0.3) is 0 Å². The van der Waals surface area contributed by atoms with Crippen LogP contribution in [0.25, 0.3) is 11.1 Å². The van der Waals surface area contributed by atoms with E-state index in [9.17, 15) is 18.7 Å². The van der Waals surface area contributed by atoms with E-state index < -0.39 is 11.6 Å². The van der Waals surface area contributed by atoms with Crippen LogP contribution in [0, 0.1) is 25.5 Å². The molecule has 0 radical (unpaired) electrons. The molecule has 70 heavy (non-hydrogen) atoms. The van der Waals surface area contributed by atoms with E-state index in [0.29, 0.717) is 75.5 Å². The number of nitrogen functional groups attached to an aromatic ring is 2. The summed E-state index contributed by atoms with van der Waals surface area (Å²) in [5.74, 6) is 2.33. The van der Waals surface area contributed by atoms with Crippen molar-refractivity contribution in [2.24, 2.45) is 0 Å². The molecule has 5 N–H and O–H groups in total. The summed E-state index contributed by atoms with van der Waals surface area (Å²) in [4.78, 5) is 11.7. The molecule has 0 spiro atoms. The molecule has 0 saturated carbocycles. The van der Waals surface area contributed by atoms with Gasteiger partial charge in [0.05, 0.1) is 26.4 Å². The summed E-state index contributed by atoms with van der Waals surface area (Å²) < 4.78 is 75.1. The number of hydrogen-bond donors (Lipinski definition) is 3. The van der Waals surface area contributed by atoms with Crippen molar-refractivity contribution >= 4 is 17.7 Å². The van der Waals surface area contributed by atoms with E-state index in [1.54, 1.807) is 51.5 Å². The quantitative estimate of drug-likeness (QED) is 0.0462. The van der Waals surface area contributed by atoms with Crippen molar-refractivity contribution in [1.29, 1.82) is 0 Å². The van der Waals surface area contributed by atoms with Gasteiger partial charge in [-0.3, -0.25) is 0 Å². The summed E-state index contributed by atoms with van der Waals surface area (Å²) in [7, 11) is 6.38. The van der Waals surface area contributed by atoms with Crippen LogP contribution in [0.2, 0.25) is 0 Å². The van der Waals surface area contributed by atoms with Gasteiger partial charge >= 0.3 is 0 Å². The molecule has 14 heteroatoms. The van der Waals surface area contributed by atoms with Crippen LogP contribution in [0.15, 0.2) is 121 Å². The van der Waals surface area contributed by atoms with Crippen LogP contribution in [-0.4, -0.2) is 46.4 Å². The van der Waals surface area contributed by atoms with E-state index >= 15 is 0 Å². The fourth-order valence-electron chi connectivity index (χ4n) is 7.47. The van der Waals surface area contributed by atoms with E-state index in [0.717, 1.165) is 34.3 Å². The monoisotopic (exact) mass is 956 g/mol. The van der Waals surface area contributed by atoms with Crippen LogP contribution in [0.1, 0.15) is 44.5 Å². The van der Waals surface area contributed by atoms with Crippen LogP contribution in [0.3, 0.4) is 0 Å². The number of ether oxygens (including phenoxy) is 8. The summed E-state index contributed by atoms with van der Waals surface area (Å²) in [5, 5.41) is 9.84. The molecule has 0 aliphatic carbocycles. The smallest absolute Gasteiger partial charge is 0.167 e. The second kappa shape index (κ2) is 25.3. The minimum Gasteiger partial charge on any atom is -0.457 e. The van der Waals surface area contributed by atoms with Crippen LogP contribution < -0.4 is 30.4 Å². The maximum Gasteiger partial charge on any atom is 0.167 e. The molecular weight excluding hydrogens is 899 g/mol. The Balaban J connectivity index is 0.000000249. The lowest BCUT2D eigenvalue weighted by atomic mass is 9.93. The molecule has 0 aliphatic heterocycles. The summed E-state index contributed by atoms with van der Waals surface area (Å²) in [6, 6.07) is 35.1. The number of rotatable bonds is 21. The van der Waals surface area contributed by atoms with Gasteiger partial charge in [-0.1, -0.05) is 23.8 Å². The minimum absolute atomic E-state index is 0.00253. The third-order valence-electron chi connectivity index (χ3n) is 10.8. The molecule has 0 fully saturated rings. The molecule has 0 atom stereocenters. The fraction of sp³-hybridized carbons (Fsp3) is 0.232. The fourth-order valence-corrected chi connectivity index (χ4v) is 7.47. The molecule has 366 valence electrons. The zero-order chi connectivity index (χ0) is 50.2. The highest BCUT2D eigenvalue weighted by molar-refractivity contribution is 5.73. The summed E-state index contributed by atoms with van der Waals surface area (Å²) in [6.07, 6.45) is 0.948. The largest absolute Gasteiger partial charge is 0.457 e. The Labute approximate surface area is 407 Å². The number of methoxy groups -OCH3 is 4. The molecule has 0 unspecified atom stereocenters. The number of nitrogens with two attached hydrogens (primary N) is 2. The van der Waals surface area contributed by atoms with Gasteiger partial charge in [0.1, 0.15) is 40.8 Å². The van der Waals surface area contributed by atoms with E-state index in [1.807, 2.05) is 73.7 Å². The van der Waals surface area contributed by atoms with E-state index in [2.05, 4.69) is 0 Å². The van der Waals surface area contributed by atoms with Gasteiger partial charge in [-0.25, -0.2) is 8.78 Å². The van der Waals surface area contributed by atoms with Gasteiger partial charge in [0.2, 0.25) is 0 Å². The lowest BCUT2D eigenvalue weighted by molar-refractivity contribution is -0.107. The van der Waals surface area contributed by atoms with Gasteiger partial charge in [0.15, 0.2) is 23.1 Å². The average Bonchev–Trinajstić information content (AvgIpc) is 3.33. The highest BCUT2D eigenvalue weighted by Gasteiger charge is 2.21. The third kappa shape index (κ3) is 13.9. The van der Waals surface area contributed by atoms with Crippen LogP contribution in [0.4, 0.5) is 20.2 Å². The molecule has 12 nitrogen and oxygen atoms in total. The van der Waals surface area contributed by atoms with Gasteiger partial charge in [-0.05, 0) is 134 Å². The van der Waals surface area contributed by atoms with Gasteiger partial charge < -0.3 is 59.3 Å². The number of aliphatic hydroxyl groups excluding tert-OH is 1. The summed E-state index contributed by atoms with van der Waals surface area (Å²) in [5.41, 5.74) is 20.0. The normalized spacial score (nSPS) is 10.9. The second-order valence-electron chi connectivity index (χ2n) is 16.3. The van der Waals surface area contributed by atoms with Crippen molar-refractivity contribution in [3.63, 3.8) is 0 Å². The molecule has 7 rings (SSSR count). The highest BCUT2D eigenvalue weighted by atomic mass is 19.1. The molecule has 0 aromatic heterocycles. The van der Waals surface area contributed by atoms with E-state index in [1.165, 1.54) is 44.0 Å². The average molecular weight is 957 g/mol. The second-order valence-corrected chi connectivity index (χ2v) is 16.3. The van der Waals surface area contributed by atoms with Crippen LogP contribution in [-0.2, 0) is 63.0 Å². The molecule has 0 aliphatic rings. The number of anilines is 2. The van der Waals surface area contributed by atoms with Crippen molar-refractivity contribution < 1.29 is 56.6 Å². The molecule has 0 amide bonds. The zero-order valence-corrected chi connectivity index (χ0v) is 40.1. The first-order chi connectivity index (χ1) is 33.9. The molecule has 0 heterocycles. The van der Waals surface area contributed by atoms with E-state index in [4.69, 9.17) is 49.4 Å². The van der Waals surface area contributed by atoms with Crippen LogP contribution in [0.5, 0.6) is 46.0 Å². The minimum atomic E-state index is -0.612. The van der Waals surface area contributed by atoms with Crippen molar-refractivity contribution in [2.75, 3.05) is 46.5 Å².